The van der Waals surface area contributed by atoms with E-state index >= 15 is 0 Å². The van der Waals surface area contributed by atoms with Crippen LogP contribution in [0.25, 0.3) is 0 Å². The van der Waals surface area contributed by atoms with Crippen molar-refractivity contribution in [2.45, 2.75) is 77.5 Å². The highest BCUT2D eigenvalue weighted by molar-refractivity contribution is 5.95. The van der Waals surface area contributed by atoms with Crippen molar-refractivity contribution in [1.29, 1.82) is 0 Å². The first-order valence-electron chi connectivity index (χ1n) is 11.5. The van der Waals surface area contributed by atoms with Crippen molar-refractivity contribution in [1.82, 2.24) is 25.9 Å². The number of rotatable bonds is 15. The SMILES string of the molecule is CCC(C)C(NC(=O)C(N)CC(=O)O)C(=O)NC(C(=O)NC(Cc1cnc[nH]1)C(=O)O)C(C)CC. The second-order valence-electron chi connectivity index (χ2n) is 8.63. The Morgan fingerprint density at radius 1 is 0.943 bits per heavy atom. The third kappa shape index (κ3) is 9.35. The van der Waals surface area contributed by atoms with E-state index in [9.17, 15) is 29.1 Å². The molecule has 8 N–H and O–H groups in total. The molecule has 0 saturated heterocycles. The Hall–Kier alpha value is -3.48. The van der Waals surface area contributed by atoms with Crippen molar-refractivity contribution in [3.63, 3.8) is 0 Å². The van der Waals surface area contributed by atoms with Crippen LogP contribution in [0.3, 0.4) is 0 Å². The molecule has 0 saturated carbocycles. The number of hydrogen-bond donors (Lipinski definition) is 7. The average molecular weight is 497 g/mol. The van der Waals surface area contributed by atoms with Gasteiger partial charge in [-0.2, -0.15) is 0 Å². The number of H-pyrrole nitrogens is 1. The molecule has 6 unspecified atom stereocenters. The molecule has 0 aliphatic carbocycles. The van der Waals surface area contributed by atoms with E-state index in [-0.39, 0.29) is 18.3 Å². The fourth-order valence-electron chi connectivity index (χ4n) is 3.27. The number of aliphatic carboxylic acids is 2. The zero-order chi connectivity index (χ0) is 26.7. The number of nitrogens with one attached hydrogen (secondary N) is 4. The maximum absolute atomic E-state index is 13.1. The van der Waals surface area contributed by atoms with Gasteiger partial charge in [0.25, 0.3) is 0 Å². The van der Waals surface area contributed by atoms with E-state index in [1.165, 1.54) is 12.5 Å². The molecular formula is C22H36N6O7. The minimum Gasteiger partial charge on any atom is -0.481 e. The molecule has 0 aromatic carbocycles. The molecule has 13 heteroatoms. The van der Waals surface area contributed by atoms with Crippen LogP contribution < -0.4 is 21.7 Å². The first-order chi connectivity index (χ1) is 16.4. The molecular weight excluding hydrogens is 460 g/mol. The lowest BCUT2D eigenvalue weighted by Crippen LogP contribution is -2.60. The molecule has 13 nitrogen and oxygen atoms in total. The number of carbonyl (C=O) groups is 5. The van der Waals surface area contributed by atoms with E-state index < -0.39 is 60.2 Å². The molecule has 0 fully saturated rings. The summed E-state index contributed by atoms with van der Waals surface area (Å²) in [6.45, 7) is 7.07. The molecule has 35 heavy (non-hydrogen) atoms. The molecule has 1 aromatic rings. The predicted octanol–water partition coefficient (Wildman–Crippen LogP) is -0.615. The highest BCUT2D eigenvalue weighted by Gasteiger charge is 2.34. The van der Waals surface area contributed by atoms with Gasteiger partial charge in [0.15, 0.2) is 0 Å². The van der Waals surface area contributed by atoms with Gasteiger partial charge in [0.1, 0.15) is 18.1 Å². The van der Waals surface area contributed by atoms with Crippen molar-refractivity contribution in [3.05, 3.63) is 18.2 Å². The molecule has 0 aliphatic rings. The molecule has 0 radical (unpaired) electrons. The second kappa shape index (κ2) is 14.0. The Balaban J connectivity index is 3.03. The molecule has 0 aliphatic heterocycles. The van der Waals surface area contributed by atoms with Gasteiger partial charge in [-0.05, 0) is 11.8 Å². The first kappa shape index (κ1) is 29.6. The van der Waals surface area contributed by atoms with E-state index in [1.54, 1.807) is 20.8 Å². The van der Waals surface area contributed by atoms with Gasteiger partial charge in [0.2, 0.25) is 17.7 Å². The number of imidazole rings is 1. The van der Waals surface area contributed by atoms with Crippen LogP contribution in [0.15, 0.2) is 12.5 Å². The van der Waals surface area contributed by atoms with Crippen LogP contribution in [0.1, 0.15) is 52.7 Å². The van der Waals surface area contributed by atoms with Gasteiger partial charge in [0, 0.05) is 18.3 Å². The average Bonchev–Trinajstić information content (AvgIpc) is 3.31. The number of carbonyl (C=O) groups excluding carboxylic acids is 3. The molecule has 3 amide bonds. The third-order valence-electron chi connectivity index (χ3n) is 5.91. The van der Waals surface area contributed by atoms with Crippen LogP contribution in [0.5, 0.6) is 0 Å². The minimum atomic E-state index is -1.35. The Morgan fingerprint density at radius 2 is 1.46 bits per heavy atom. The molecule has 0 spiro atoms. The fourth-order valence-corrected chi connectivity index (χ4v) is 3.27. The van der Waals surface area contributed by atoms with Crippen LogP contribution in [-0.4, -0.2) is 74.0 Å². The van der Waals surface area contributed by atoms with Crippen LogP contribution in [-0.2, 0) is 30.4 Å². The molecule has 1 heterocycles. The van der Waals surface area contributed by atoms with Gasteiger partial charge in [-0.3, -0.25) is 19.2 Å². The van der Waals surface area contributed by atoms with E-state index in [1.807, 2.05) is 6.92 Å². The Morgan fingerprint density at radius 3 is 1.89 bits per heavy atom. The number of aromatic nitrogens is 2. The Kier molecular flexibility index (Phi) is 11.9. The number of carboxylic acids is 2. The maximum atomic E-state index is 13.1. The van der Waals surface area contributed by atoms with Gasteiger partial charge in [-0.15, -0.1) is 0 Å². The van der Waals surface area contributed by atoms with Gasteiger partial charge >= 0.3 is 11.9 Å². The van der Waals surface area contributed by atoms with Crippen LogP contribution in [0.2, 0.25) is 0 Å². The summed E-state index contributed by atoms with van der Waals surface area (Å²) in [4.78, 5) is 67.7. The van der Waals surface area contributed by atoms with Crippen molar-refractivity contribution in [2.75, 3.05) is 0 Å². The molecule has 6 atom stereocenters. The summed E-state index contributed by atoms with van der Waals surface area (Å²) in [5.41, 5.74) is 6.13. The summed E-state index contributed by atoms with van der Waals surface area (Å²) in [7, 11) is 0. The largest absolute Gasteiger partial charge is 0.481 e. The van der Waals surface area contributed by atoms with Gasteiger partial charge in [0.05, 0.1) is 18.8 Å². The van der Waals surface area contributed by atoms with E-state index in [0.717, 1.165) is 0 Å². The second-order valence-corrected chi connectivity index (χ2v) is 8.63. The first-order valence-corrected chi connectivity index (χ1v) is 11.5. The lowest BCUT2D eigenvalue weighted by Gasteiger charge is -2.30. The molecule has 1 rings (SSSR count). The normalized spacial score (nSPS) is 16.1. The number of amides is 3. The molecule has 1 aromatic heterocycles. The van der Waals surface area contributed by atoms with Crippen LogP contribution >= 0.6 is 0 Å². The van der Waals surface area contributed by atoms with Crippen molar-refractivity contribution in [2.24, 2.45) is 17.6 Å². The summed E-state index contributed by atoms with van der Waals surface area (Å²) in [6.07, 6.45) is 3.20. The quantitative estimate of drug-likeness (QED) is 0.164. The van der Waals surface area contributed by atoms with E-state index in [0.29, 0.717) is 18.5 Å². The number of aromatic amines is 1. The minimum absolute atomic E-state index is 0.0325. The molecule has 196 valence electrons. The monoisotopic (exact) mass is 496 g/mol. The zero-order valence-electron chi connectivity index (χ0n) is 20.4. The predicted molar refractivity (Wildman–Crippen MR) is 125 cm³/mol. The summed E-state index contributed by atoms with van der Waals surface area (Å²) in [5, 5.41) is 26.0. The summed E-state index contributed by atoms with van der Waals surface area (Å²) in [6, 6.07) is -4.76. The highest BCUT2D eigenvalue weighted by atomic mass is 16.4. The van der Waals surface area contributed by atoms with E-state index in [2.05, 4.69) is 25.9 Å². The molecule has 0 bridgehead atoms. The van der Waals surface area contributed by atoms with Crippen LogP contribution in [0, 0.1) is 11.8 Å². The fraction of sp³-hybridized carbons (Fsp3) is 0.636. The smallest absolute Gasteiger partial charge is 0.326 e. The highest BCUT2D eigenvalue weighted by Crippen LogP contribution is 2.13. The topological polar surface area (TPSA) is 217 Å². The summed E-state index contributed by atoms with van der Waals surface area (Å²) >= 11 is 0. The van der Waals surface area contributed by atoms with E-state index in [4.69, 9.17) is 10.8 Å². The number of hydrogen-bond acceptors (Lipinski definition) is 7. The van der Waals surface area contributed by atoms with Gasteiger partial charge < -0.3 is 36.9 Å². The van der Waals surface area contributed by atoms with Crippen molar-refractivity contribution >= 4 is 29.7 Å². The van der Waals surface area contributed by atoms with Crippen molar-refractivity contribution in [3.8, 4) is 0 Å². The maximum Gasteiger partial charge on any atom is 0.326 e. The number of carboxylic acid groups (broad SMARTS) is 2. The van der Waals surface area contributed by atoms with Crippen LogP contribution in [0.4, 0.5) is 0 Å². The lowest BCUT2D eigenvalue weighted by molar-refractivity contribution is -0.142. The summed E-state index contributed by atoms with van der Waals surface area (Å²) in [5.74, 6) is -5.37. The lowest BCUT2D eigenvalue weighted by atomic mass is 9.94. The third-order valence-corrected chi connectivity index (χ3v) is 5.91. The zero-order valence-corrected chi connectivity index (χ0v) is 20.4. The number of nitrogens with two attached hydrogens (primary N) is 1. The Labute approximate surface area is 203 Å². The summed E-state index contributed by atoms with van der Waals surface area (Å²) < 4.78 is 0. The standard InChI is InChI=1S/C22H36N6O7/c1-5-11(3)17(20(32)26-15(22(34)35)7-13-9-24-10-25-13)28-21(33)18(12(4)6-2)27-19(31)14(23)8-16(29)30/h9-12,14-15,17-18H,5-8,23H2,1-4H3,(H,24,25)(H,26,32)(H,27,31)(H,28,33)(H,29,30)(H,34,35). The van der Waals surface area contributed by atoms with Gasteiger partial charge in [-0.25, -0.2) is 9.78 Å². The Bertz CT molecular complexity index is 876. The van der Waals surface area contributed by atoms with Crippen molar-refractivity contribution < 1.29 is 34.2 Å². The number of nitrogens with zero attached hydrogens (tertiary/aromatic N) is 1. The van der Waals surface area contributed by atoms with Gasteiger partial charge in [-0.1, -0.05) is 40.5 Å².